The Balaban J connectivity index is 2.81. The summed E-state index contributed by atoms with van der Waals surface area (Å²) in [6, 6.07) is 5.62. The number of hydrogen-bond donors (Lipinski definition) is 0. The molecule has 0 saturated heterocycles. The molecule has 3 heteroatoms. The van der Waals surface area contributed by atoms with Crippen LogP contribution >= 0.6 is 15.9 Å². The van der Waals surface area contributed by atoms with Crippen LogP contribution in [0.15, 0.2) is 48.0 Å². The molecule has 0 bridgehead atoms. The van der Waals surface area contributed by atoms with Gasteiger partial charge in [-0.05, 0) is 18.2 Å². The normalized spacial score (nSPS) is 9.40. The summed E-state index contributed by atoms with van der Waals surface area (Å²) in [6.07, 6.45) is 3.39. The fraction of sp³-hybridized carbons (Fsp3) is 0.167. The average Bonchev–Trinajstić information content (AvgIpc) is 2.25. The third-order valence-electron chi connectivity index (χ3n) is 1.62. The zero-order valence-corrected chi connectivity index (χ0v) is 10.00. The maximum atomic E-state index is 5.46. The fourth-order valence-electron chi connectivity index (χ4n) is 1.01. The summed E-state index contributed by atoms with van der Waals surface area (Å²) in [5, 5.41) is 0. The van der Waals surface area contributed by atoms with Crippen molar-refractivity contribution in [1.29, 1.82) is 0 Å². The Morgan fingerprint density at radius 2 is 1.67 bits per heavy atom. The van der Waals surface area contributed by atoms with Gasteiger partial charge in [-0.3, -0.25) is 0 Å². The van der Waals surface area contributed by atoms with Crippen LogP contribution < -0.4 is 9.47 Å². The highest BCUT2D eigenvalue weighted by Gasteiger charge is 2.04. The summed E-state index contributed by atoms with van der Waals surface area (Å²) in [7, 11) is 0. The third kappa shape index (κ3) is 3.80. The first-order valence-electron chi connectivity index (χ1n) is 4.55. The van der Waals surface area contributed by atoms with Gasteiger partial charge in [0.2, 0.25) is 0 Å². The number of benzene rings is 1. The van der Waals surface area contributed by atoms with Crippen LogP contribution in [0.3, 0.4) is 0 Å². The Hall–Kier alpha value is -1.22. The van der Waals surface area contributed by atoms with Crippen LogP contribution in [0.5, 0.6) is 11.5 Å². The molecular formula is C12H13BrO2. The van der Waals surface area contributed by atoms with Gasteiger partial charge < -0.3 is 9.47 Å². The molecule has 2 nitrogen and oxygen atoms in total. The van der Waals surface area contributed by atoms with Crippen molar-refractivity contribution in [2.75, 3.05) is 13.2 Å². The number of halogens is 1. The van der Waals surface area contributed by atoms with Crippen LogP contribution in [0, 0.1) is 0 Å². The zero-order chi connectivity index (χ0) is 11.1. The van der Waals surface area contributed by atoms with Gasteiger partial charge in [0.25, 0.3) is 0 Å². The lowest BCUT2D eigenvalue weighted by molar-refractivity contribution is 0.308. The van der Waals surface area contributed by atoms with Gasteiger partial charge in [-0.15, -0.1) is 0 Å². The van der Waals surface area contributed by atoms with E-state index in [-0.39, 0.29) is 0 Å². The molecule has 0 aliphatic rings. The lowest BCUT2D eigenvalue weighted by Crippen LogP contribution is -1.99. The standard InChI is InChI=1S/C12H13BrO2/c1-3-7-14-11-6-5-10(13)9-12(11)15-8-4-2/h3-6,9H,1-2,7-8H2. The summed E-state index contributed by atoms with van der Waals surface area (Å²) in [6.45, 7) is 8.11. The van der Waals surface area contributed by atoms with Gasteiger partial charge in [0, 0.05) is 4.47 Å². The van der Waals surface area contributed by atoms with E-state index in [1.807, 2.05) is 18.2 Å². The van der Waals surface area contributed by atoms with E-state index in [1.54, 1.807) is 12.2 Å². The fourth-order valence-corrected chi connectivity index (χ4v) is 1.35. The molecule has 0 heterocycles. The quantitative estimate of drug-likeness (QED) is 0.735. The van der Waals surface area contributed by atoms with Gasteiger partial charge in [-0.25, -0.2) is 0 Å². The molecule has 1 aromatic rings. The largest absolute Gasteiger partial charge is 0.486 e. The van der Waals surface area contributed by atoms with Crippen molar-refractivity contribution in [3.63, 3.8) is 0 Å². The first-order valence-corrected chi connectivity index (χ1v) is 5.34. The molecule has 0 atom stereocenters. The first-order chi connectivity index (χ1) is 7.27. The maximum Gasteiger partial charge on any atom is 0.162 e. The van der Waals surface area contributed by atoms with Crippen molar-refractivity contribution in [3.8, 4) is 11.5 Å². The Morgan fingerprint density at radius 1 is 1.07 bits per heavy atom. The Morgan fingerprint density at radius 3 is 2.27 bits per heavy atom. The van der Waals surface area contributed by atoms with Crippen LogP contribution in [0.1, 0.15) is 0 Å². The van der Waals surface area contributed by atoms with Crippen molar-refractivity contribution in [3.05, 3.63) is 48.0 Å². The third-order valence-corrected chi connectivity index (χ3v) is 2.11. The molecule has 0 amide bonds. The van der Waals surface area contributed by atoms with Crippen molar-refractivity contribution in [1.82, 2.24) is 0 Å². The minimum Gasteiger partial charge on any atom is -0.486 e. The van der Waals surface area contributed by atoms with E-state index in [0.29, 0.717) is 24.7 Å². The second-order valence-corrected chi connectivity index (χ2v) is 3.71. The molecule has 0 aliphatic heterocycles. The van der Waals surface area contributed by atoms with Crippen LogP contribution in [-0.4, -0.2) is 13.2 Å². The lowest BCUT2D eigenvalue weighted by Gasteiger charge is -2.10. The average molecular weight is 269 g/mol. The smallest absolute Gasteiger partial charge is 0.162 e. The number of ether oxygens (including phenoxy) is 2. The van der Waals surface area contributed by atoms with E-state index in [0.717, 1.165) is 4.47 Å². The predicted octanol–water partition coefficient (Wildman–Crippen LogP) is 3.58. The summed E-state index contributed by atoms with van der Waals surface area (Å²) >= 11 is 3.37. The SMILES string of the molecule is C=CCOc1ccc(Br)cc1OCC=C. The van der Waals surface area contributed by atoms with Crippen LogP contribution in [0.2, 0.25) is 0 Å². The predicted molar refractivity (Wildman–Crippen MR) is 65.5 cm³/mol. The van der Waals surface area contributed by atoms with E-state index in [9.17, 15) is 0 Å². The molecule has 80 valence electrons. The van der Waals surface area contributed by atoms with Crippen LogP contribution in [0.4, 0.5) is 0 Å². The Labute approximate surface area is 98.3 Å². The molecule has 0 aromatic heterocycles. The summed E-state index contributed by atoms with van der Waals surface area (Å²) in [5.41, 5.74) is 0. The van der Waals surface area contributed by atoms with Crippen LogP contribution in [0.25, 0.3) is 0 Å². The molecule has 0 aliphatic carbocycles. The Bertz CT molecular complexity index is 347. The number of rotatable bonds is 6. The molecule has 0 fully saturated rings. The molecule has 1 aromatic carbocycles. The van der Waals surface area contributed by atoms with E-state index in [2.05, 4.69) is 29.1 Å². The van der Waals surface area contributed by atoms with Gasteiger partial charge in [0.15, 0.2) is 11.5 Å². The highest BCUT2D eigenvalue weighted by atomic mass is 79.9. The minimum atomic E-state index is 0.459. The zero-order valence-electron chi connectivity index (χ0n) is 8.41. The second-order valence-electron chi connectivity index (χ2n) is 2.79. The van der Waals surface area contributed by atoms with E-state index in [1.165, 1.54) is 0 Å². The van der Waals surface area contributed by atoms with Gasteiger partial charge in [0.1, 0.15) is 13.2 Å². The van der Waals surface area contributed by atoms with E-state index in [4.69, 9.17) is 9.47 Å². The first kappa shape index (κ1) is 11.9. The Kier molecular flexibility index (Phi) is 4.98. The molecule has 0 radical (unpaired) electrons. The summed E-state index contributed by atoms with van der Waals surface area (Å²) in [5.74, 6) is 1.41. The molecule has 15 heavy (non-hydrogen) atoms. The summed E-state index contributed by atoms with van der Waals surface area (Å²) in [4.78, 5) is 0. The molecule has 0 unspecified atom stereocenters. The minimum absolute atomic E-state index is 0.459. The molecule has 0 saturated carbocycles. The van der Waals surface area contributed by atoms with Gasteiger partial charge >= 0.3 is 0 Å². The highest BCUT2D eigenvalue weighted by molar-refractivity contribution is 9.10. The van der Waals surface area contributed by atoms with Crippen molar-refractivity contribution < 1.29 is 9.47 Å². The monoisotopic (exact) mass is 268 g/mol. The van der Waals surface area contributed by atoms with E-state index >= 15 is 0 Å². The van der Waals surface area contributed by atoms with Crippen molar-refractivity contribution in [2.24, 2.45) is 0 Å². The molecule has 0 N–H and O–H groups in total. The highest BCUT2D eigenvalue weighted by Crippen LogP contribution is 2.30. The molecule has 1 rings (SSSR count). The van der Waals surface area contributed by atoms with Crippen LogP contribution in [-0.2, 0) is 0 Å². The van der Waals surface area contributed by atoms with Gasteiger partial charge in [-0.1, -0.05) is 41.2 Å². The number of hydrogen-bond acceptors (Lipinski definition) is 2. The van der Waals surface area contributed by atoms with Crippen molar-refractivity contribution in [2.45, 2.75) is 0 Å². The lowest BCUT2D eigenvalue weighted by atomic mass is 10.3. The molecule has 0 spiro atoms. The maximum absolute atomic E-state index is 5.46. The van der Waals surface area contributed by atoms with Crippen molar-refractivity contribution >= 4 is 15.9 Å². The molecular weight excluding hydrogens is 256 g/mol. The second kappa shape index (κ2) is 6.30. The summed E-state index contributed by atoms with van der Waals surface area (Å²) < 4.78 is 11.8. The topological polar surface area (TPSA) is 18.5 Å². The van der Waals surface area contributed by atoms with E-state index < -0.39 is 0 Å². The van der Waals surface area contributed by atoms with Gasteiger partial charge in [-0.2, -0.15) is 0 Å². The van der Waals surface area contributed by atoms with Gasteiger partial charge in [0.05, 0.1) is 0 Å².